The lowest BCUT2D eigenvalue weighted by molar-refractivity contribution is -0.137. The quantitative estimate of drug-likeness (QED) is 0.756. The number of para-hydroxylation sites is 1. The highest BCUT2D eigenvalue weighted by molar-refractivity contribution is 5.83. The van der Waals surface area contributed by atoms with E-state index in [1.165, 1.54) is 12.1 Å². The first-order valence-electron chi connectivity index (χ1n) is 6.47. The summed E-state index contributed by atoms with van der Waals surface area (Å²) in [5.41, 5.74) is 6.74. The van der Waals surface area contributed by atoms with Gasteiger partial charge in [-0.05, 0) is 35.9 Å². The van der Waals surface area contributed by atoms with Gasteiger partial charge in [0.25, 0.3) is 0 Å². The lowest BCUT2D eigenvalue weighted by Crippen LogP contribution is -2.10. The molecule has 0 saturated carbocycles. The van der Waals surface area contributed by atoms with Crippen molar-refractivity contribution < 1.29 is 13.2 Å². The fraction of sp³-hybridized carbons (Fsp3) is 0.125. The minimum absolute atomic E-state index is 0.125. The van der Waals surface area contributed by atoms with Gasteiger partial charge in [-0.1, -0.05) is 18.2 Å². The summed E-state index contributed by atoms with van der Waals surface area (Å²) < 4.78 is 40.9. The van der Waals surface area contributed by atoms with Crippen molar-refractivity contribution in [1.29, 1.82) is 0 Å². The average Bonchev–Trinajstić information content (AvgIpc) is 2.89. The number of fused-ring (bicyclic) bond motifs is 1. The van der Waals surface area contributed by atoms with E-state index in [4.69, 9.17) is 5.73 Å². The van der Waals surface area contributed by atoms with Gasteiger partial charge in [-0.3, -0.25) is 0 Å². The lowest BCUT2D eigenvalue weighted by atomic mass is 10.1. The fourth-order valence-electron chi connectivity index (χ4n) is 2.45. The van der Waals surface area contributed by atoms with Crippen LogP contribution in [0.1, 0.15) is 11.1 Å². The van der Waals surface area contributed by atoms with Crippen molar-refractivity contribution in [3.05, 3.63) is 65.9 Å². The Labute approximate surface area is 119 Å². The molecule has 5 heteroatoms. The zero-order chi connectivity index (χ0) is 15.0. The second-order valence-corrected chi connectivity index (χ2v) is 4.80. The number of benzene rings is 2. The Morgan fingerprint density at radius 3 is 2.48 bits per heavy atom. The number of nitrogens with two attached hydrogens (primary N) is 1. The highest BCUT2D eigenvalue weighted by atomic mass is 19.4. The number of aromatic nitrogens is 1. The number of hydrogen-bond acceptors (Lipinski definition) is 1. The Hall–Kier alpha value is -2.27. The van der Waals surface area contributed by atoms with E-state index in [0.29, 0.717) is 6.54 Å². The number of alkyl halides is 3. The first-order chi connectivity index (χ1) is 10.0. The summed E-state index contributed by atoms with van der Waals surface area (Å²) in [6.45, 7) is 0.403. The van der Waals surface area contributed by atoms with Gasteiger partial charge in [0, 0.05) is 18.1 Å². The highest BCUT2D eigenvalue weighted by Gasteiger charge is 2.33. The maximum absolute atomic E-state index is 13.1. The average molecular weight is 290 g/mol. The summed E-state index contributed by atoms with van der Waals surface area (Å²) in [5.74, 6) is 0. The minimum atomic E-state index is -4.38. The van der Waals surface area contributed by atoms with Crippen LogP contribution < -0.4 is 5.73 Å². The van der Waals surface area contributed by atoms with E-state index in [0.717, 1.165) is 22.5 Å². The maximum atomic E-state index is 13.1. The predicted octanol–water partition coefficient (Wildman–Crippen LogP) is 4.11. The van der Waals surface area contributed by atoms with E-state index in [2.05, 4.69) is 0 Å². The van der Waals surface area contributed by atoms with Crippen molar-refractivity contribution >= 4 is 10.9 Å². The first kappa shape index (κ1) is 13.7. The Bertz CT molecular complexity index is 788. The van der Waals surface area contributed by atoms with Gasteiger partial charge in [0.2, 0.25) is 0 Å². The van der Waals surface area contributed by atoms with Gasteiger partial charge in [0.05, 0.1) is 16.8 Å². The van der Waals surface area contributed by atoms with Crippen molar-refractivity contribution in [3.63, 3.8) is 0 Å². The van der Waals surface area contributed by atoms with Crippen LogP contribution in [0.4, 0.5) is 13.2 Å². The predicted molar refractivity (Wildman–Crippen MR) is 76.2 cm³/mol. The summed E-state index contributed by atoms with van der Waals surface area (Å²) in [7, 11) is 0. The van der Waals surface area contributed by atoms with Crippen LogP contribution in [0, 0.1) is 0 Å². The van der Waals surface area contributed by atoms with Crippen LogP contribution in [-0.2, 0) is 12.7 Å². The second kappa shape index (κ2) is 4.93. The highest BCUT2D eigenvalue weighted by Crippen LogP contribution is 2.35. The second-order valence-electron chi connectivity index (χ2n) is 4.80. The minimum Gasteiger partial charge on any atom is -0.326 e. The third-order valence-electron chi connectivity index (χ3n) is 3.46. The van der Waals surface area contributed by atoms with Gasteiger partial charge >= 0.3 is 6.18 Å². The Morgan fingerprint density at radius 2 is 1.76 bits per heavy atom. The molecule has 2 aromatic carbocycles. The van der Waals surface area contributed by atoms with E-state index >= 15 is 0 Å². The van der Waals surface area contributed by atoms with Gasteiger partial charge in [-0.2, -0.15) is 13.2 Å². The first-order valence-corrected chi connectivity index (χ1v) is 6.47. The molecular formula is C16H13F3N2. The van der Waals surface area contributed by atoms with E-state index in [1.54, 1.807) is 29.0 Å². The van der Waals surface area contributed by atoms with E-state index in [1.807, 2.05) is 12.1 Å². The number of hydrogen-bond donors (Lipinski definition) is 1. The SMILES string of the molecule is NCc1ccc2c(ccn2-c2ccccc2C(F)(F)F)c1. The topological polar surface area (TPSA) is 30.9 Å². The fourth-order valence-corrected chi connectivity index (χ4v) is 2.45. The Balaban J connectivity index is 2.22. The molecule has 0 atom stereocenters. The van der Waals surface area contributed by atoms with Crippen molar-refractivity contribution in [2.24, 2.45) is 5.73 Å². The van der Waals surface area contributed by atoms with E-state index < -0.39 is 11.7 Å². The molecule has 0 aliphatic rings. The molecule has 2 N–H and O–H groups in total. The van der Waals surface area contributed by atoms with E-state index in [9.17, 15) is 13.2 Å². The standard InChI is InChI=1S/C16H13F3N2/c17-16(18,19)13-3-1-2-4-15(13)21-8-7-12-9-11(10-20)5-6-14(12)21/h1-9H,10,20H2. The van der Waals surface area contributed by atoms with Gasteiger partial charge in [0.15, 0.2) is 0 Å². The van der Waals surface area contributed by atoms with Crippen LogP contribution in [0.3, 0.4) is 0 Å². The summed E-state index contributed by atoms with van der Waals surface area (Å²) in [6, 6.07) is 12.9. The molecule has 0 amide bonds. The van der Waals surface area contributed by atoms with Crippen molar-refractivity contribution in [2.45, 2.75) is 12.7 Å². The molecule has 3 aromatic rings. The monoisotopic (exact) mass is 290 g/mol. The summed E-state index contributed by atoms with van der Waals surface area (Å²) in [6.07, 6.45) is -2.74. The smallest absolute Gasteiger partial charge is 0.326 e. The molecule has 0 aliphatic carbocycles. The van der Waals surface area contributed by atoms with Gasteiger partial charge in [-0.15, -0.1) is 0 Å². The van der Waals surface area contributed by atoms with Crippen LogP contribution >= 0.6 is 0 Å². The van der Waals surface area contributed by atoms with Crippen molar-refractivity contribution in [1.82, 2.24) is 4.57 Å². The van der Waals surface area contributed by atoms with Gasteiger partial charge in [-0.25, -0.2) is 0 Å². The number of halogens is 3. The lowest BCUT2D eigenvalue weighted by Gasteiger charge is -2.14. The van der Waals surface area contributed by atoms with Crippen LogP contribution in [0.15, 0.2) is 54.7 Å². The van der Waals surface area contributed by atoms with Crippen LogP contribution in [0.25, 0.3) is 16.6 Å². The number of nitrogens with zero attached hydrogens (tertiary/aromatic N) is 1. The zero-order valence-corrected chi connectivity index (χ0v) is 11.1. The van der Waals surface area contributed by atoms with Gasteiger partial charge in [0.1, 0.15) is 0 Å². The summed E-state index contributed by atoms with van der Waals surface area (Å²) >= 11 is 0. The molecule has 0 bridgehead atoms. The molecule has 1 heterocycles. The maximum Gasteiger partial charge on any atom is 0.418 e. The van der Waals surface area contributed by atoms with E-state index in [-0.39, 0.29) is 5.69 Å². The normalized spacial score (nSPS) is 12.0. The molecule has 0 unspecified atom stereocenters. The third-order valence-corrected chi connectivity index (χ3v) is 3.46. The van der Waals surface area contributed by atoms with Crippen molar-refractivity contribution in [2.75, 3.05) is 0 Å². The molecule has 0 aliphatic heterocycles. The van der Waals surface area contributed by atoms with Crippen LogP contribution in [-0.4, -0.2) is 4.57 Å². The molecule has 21 heavy (non-hydrogen) atoms. The van der Waals surface area contributed by atoms with Gasteiger partial charge < -0.3 is 10.3 Å². The van der Waals surface area contributed by atoms with Crippen LogP contribution in [0.2, 0.25) is 0 Å². The largest absolute Gasteiger partial charge is 0.418 e. The third kappa shape index (κ3) is 2.40. The molecule has 108 valence electrons. The summed E-state index contributed by atoms with van der Waals surface area (Å²) in [4.78, 5) is 0. The Morgan fingerprint density at radius 1 is 1.00 bits per heavy atom. The van der Waals surface area contributed by atoms with Crippen LogP contribution in [0.5, 0.6) is 0 Å². The molecule has 3 rings (SSSR count). The van der Waals surface area contributed by atoms with Crippen molar-refractivity contribution in [3.8, 4) is 5.69 Å². The number of rotatable bonds is 2. The molecule has 1 aromatic heterocycles. The molecule has 0 fully saturated rings. The molecular weight excluding hydrogens is 277 g/mol. The molecule has 0 spiro atoms. The molecule has 0 saturated heterocycles. The molecule has 0 radical (unpaired) electrons. The Kier molecular flexibility index (Phi) is 3.22. The zero-order valence-electron chi connectivity index (χ0n) is 11.1. The summed E-state index contributed by atoms with van der Waals surface area (Å²) in [5, 5.41) is 0.870. The molecule has 2 nitrogen and oxygen atoms in total.